The summed E-state index contributed by atoms with van der Waals surface area (Å²) in [5.74, 6) is 2.69. The zero-order valence-corrected chi connectivity index (χ0v) is 19.2. The van der Waals surface area contributed by atoms with E-state index in [-0.39, 0.29) is 30.9 Å². The molecule has 0 bridgehead atoms. The molecule has 6 heteroatoms. The number of carbonyl (C=O) groups is 1. The number of hydrogen-bond acceptors (Lipinski definition) is 3. The molecular formula is C23H37Cl2N3O. The molecule has 1 amide bonds. The third-order valence-electron chi connectivity index (χ3n) is 7.25. The van der Waals surface area contributed by atoms with E-state index in [1.807, 2.05) is 0 Å². The fourth-order valence-electron chi connectivity index (χ4n) is 5.35. The lowest BCUT2D eigenvalue weighted by atomic mass is 9.89. The van der Waals surface area contributed by atoms with Crippen LogP contribution in [0.5, 0.6) is 0 Å². The molecular weight excluding hydrogens is 405 g/mol. The molecule has 3 heterocycles. The Morgan fingerprint density at radius 1 is 0.966 bits per heavy atom. The molecule has 164 valence electrons. The smallest absolute Gasteiger partial charge is 0.239 e. The van der Waals surface area contributed by atoms with Crippen LogP contribution in [0.2, 0.25) is 0 Å². The Morgan fingerprint density at radius 2 is 1.55 bits per heavy atom. The van der Waals surface area contributed by atoms with Crippen LogP contribution in [0.25, 0.3) is 0 Å². The van der Waals surface area contributed by atoms with Gasteiger partial charge in [-0.25, -0.2) is 0 Å². The van der Waals surface area contributed by atoms with Crippen molar-refractivity contribution in [3.05, 3.63) is 35.9 Å². The first-order valence-corrected chi connectivity index (χ1v) is 11.0. The molecule has 0 aliphatic carbocycles. The molecule has 3 atom stereocenters. The summed E-state index contributed by atoms with van der Waals surface area (Å²) in [6.07, 6.45) is 5.95. The number of nitrogens with zero attached hydrogens (tertiary/aromatic N) is 2. The molecule has 0 saturated carbocycles. The van der Waals surface area contributed by atoms with Crippen molar-refractivity contribution < 1.29 is 4.79 Å². The first-order valence-electron chi connectivity index (χ1n) is 11.0. The molecule has 0 aromatic heterocycles. The molecule has 4 nitrogen and oxygen atoms in total. The summed E-state index contributed by atoms with van der Waals surface area (Å²) < 4.78 is 0. The van der Waals surface area contributed by atoms with Gasteiger partial charge in [0.05, 0.1) is 6.04 Å². The predicted octanol–water partition coefficient (Wildman–Crippen LogP) is 3.63. The highest BCUT2D eigenvalue weighted by atomic mass is 35.5. The molecule has 29 heavy (non-hydrogen) atoms. The first-order chi connectivity index (χ1) is 13.2. The van der Waals surface area contributed by atoms with Gasteiger partial charge in [0.15, 0.2) is 0 Å². The number of halogens is 2. The Balaban J connectivity index is 0.00000150. The normalized spacial score (nSPS) is 26.6. The van der Waals surface area contributed by atoms with Crippen molar-refractivity contribution in [1.82, 2.24) is 15.1 Å². The summed E-state index contributed by atoms with van der Waals surface area (Å²) in [5.41, 5.74) is 1.45. The summed E-state index contributed by atoms with van der Waals surface area (Å²) in [6.45, 7) is 8.47. The number of rotatable bonds is 4. The monoisotopic (exact) mass is 441 g/mol. The molecule has 0 spiro atoms. The van der Waals surface area contributed by atoms with Gasteiger partial charge in [-0.3, -0.25) is 9.69 Å². The van der Waals surface area contributed by atoms with E-state index in [1.165, 1.54) is 37.7 Å². The zero-order valence-electron chi connectivity index (χ0n) is 17.6. The van der Waals surface area contributed by atoms with Gasteiger partial charge in [-0.15, -0.1) is 24.8 Å². The summed E-state index contributed by atoms with van der Waals surface area (Å²) in [5, 5.41) is 3.52. The number of carbonyl (C=O) groups excluding carboxylic acids is 1. The molecule has 1 unspecified atom stereocenters. The third kappa shape index (κ3) is 6.10. The zero-order chi connectivity index (χ0) is 18.6. The van der Waals surface area contributed by atoms with Gasteiger partial charge in [-0.2, -0.15) is 0 Å². The summed E-state index contributed by atoms with van der Waals surface area (Å²) >= 11 is 0. The van der Waals surface area contributed by atoms with Gasteiger partial charge in [0.2, 0.25) is 5.91 Å². The van der Waals surface area contributed by atoms with Crippen LogP contribution in [0.15, 0.2) is 30.3 Å². The fraction of sp³-hybridized carbons (Fsp3) is 0.696. The molecule has 3 aliphatic heterocycles. The lowest BCUT2D eigenvalue weighted by molar-refractivity contribution is -0.137. The topological polar surface area (TPSA) is 35.6 Å². The minimum Gasteiger partial charge on any atom is -0.341 e. The molecule has 3 saturated heterocycles. The predicted molar refractivity (Wildman–Crippen MR) is 124 cm³/mol. The highest BCUT2D eigenvalue weighted by molar-refractivity contribution is 5.85. The van der Waals surface area contributed by atoms with E-state index >= 15 is 0 Å². The van der Waals surface area contributed by atoms with E-state index < -0.39 is 0 Å². The Labute approximate surface area is 188 Å². The number of fused-ring (bicyclic) bond motifs is 1. The van der Waals surface area contributed by atoms with Crippen molar-refractivity contribution in [3.8, 4) is 0 Å². The average Bonchev–Trinajstić information content (AvgIpc) is 3.06. The maximum Gasteiger partial charge on any atom is 0.239 e. The van der Waals surface area contributed by atoms with Crippen LogP contribution < -0.4 is 5.32 Å². The lowest BCUT2D eigenvalue weighted by Gasteiger charge is -2.37. The van der Waals surface area contributed by atoms with E-state index in [9.17, 15) is 4.79 Å². The molecule has 3 aliphatic rings. The summed E-state index contributed by atoms with van der Waals surface area (Å²) in [6, 6.07) is 10.9. The Morgan fingerprint density at radius 3 is 2.14 bits per heavy atom. The maximum atomic E-state index is 13.1. The number of piperidine rings is 1. The highest BCUT2D eigenvalue weighted by Gasteiger charge is 2.34. The van der Waals surface area contributed by atoms with E-state index in [0.29, 0.717) is 5.91 Å². The third-order valence-corrected chi connectivity index (χ3v) is 7.25. The molecule has 1 N–H and O–H groups in total. The fourth-order valence-corrected chi connectivity index (χ4v) is 5.35. The number of benzene rings is 1. The van der Waals surface area contributed by atoms with Crippen LogP contribution in [0, 0.1) is 17.8 Å². The SMILES string of the molecule is CC(C(=O)N1CC[C@@H]2CNC[C@@H]2CC1)N1CCC(Cc2ccccc2)CC1.Cl.Cl. The minimum atomic E-state index is 0. The number of likely N-dealkylation sites (tertiary alicyclic amines) is 2. The largest absolute Gasteiger partial charge is 0.341 e. The lowest BCUT2D eigenvalue weighted by Crippen LogP contribution is -2.50. The molecule has 0 radical (unpaired) electrons. The van der Waals surface area contributed by atoms with E-state index in [0.717, 1.165) is 57.0 Å². The Kier molecular flexibility index (Phi) is 9.74. The number of nitrogens with one attached hydrogen (secondary N) is 1. The van der Waals surface area contributed by atoms with E-state index in [2.05, 4.69) is 52.4 Å². The van der Waals surface area contributed by atoms with Crippen LogP contribution in [0.3, 0.4) is 0 Å². The summed E-state index contributed by atoms with van der Waals surface area (Å²) in [7, 11) is 0. The standard InChI is InChI=1S/C23H35N3O.2ClH/c1-18(23(27)26-13-9-21-16-24-17-22(21)10-14-26)25-11-7-20(8-12-25)15-19-5-3-2-4-6-19;;/h2-6,18,20-22,24H,7-17H2,1H3;2*1H/t18?,21-,22+;;. The first kappa shape index (κ1) is 24.5. The average molecular weight is 442 g/mol. The Bertz CT molecular complexity index is 608. The van der Waals surface area contributed by atoms with Crippen LogP contribution >= 0.6 is 24.8 Å². The Hall–Kier alpha value is -0.810. The molecule has 1 aromatic rings. The van der Waals surface area contributed by atoms with Gasteiger partial charge in [0.1, 0.15) is 0 Å². The van der Waals surface area contributed by atoms with Gasteiger partial charge < -0.3 is 10.2 Å². The summed E-state index contributed by atoms with van der Waals surface area (Å²) in [4.78, 5) is 17.7. The van der Waals surface area contributed by atoms with Crippen LogP contribution in [-0.2, 0) is 11.2 Å². The second-order valence-corrected chi connectivity index (χ2v) is 8.93. The van der Waals surface area contributed by atoms with Crippen LogP contribution in [-0.4, -0.2) is 61.0 Å². The van der Waals surface area contributed by atoms with Gasteiger partial charge in [0.25, 0.3) is 0 Å². The van der Waals surface area contributed by atoms with Crippen molar-refractivity contribution >= 4 is 30.7 Å². The van der Waals surface area contributed by atoms with Gasteiger partial charge in [-0.05, 0) is 88.5 Å². The van der Waals surface area contributed by atoms with Gasteiger partial charge >= 0.3 is 0 Å². The van der Waals surface area contributed by atoms with Gasteiger partial charge in [0, 0.05) is 13.1 Å². The van der Waals surface area contributed by atoms with E-state index in [4.69, 9.17) is 0 Å². The van der Waals surface area contributed by atoms with Crippen molar-refractivity contribution in [3.63, 3.8) is 0 Å². The van der Waals surface area contributed by atoms with Crippen molar-refractivity contribution in [2.45, 2.75) is 45.1 Å². The molecule has 3 fully saturated rings. The van der Waals surface area contributed by atoms with Crippen molar-refractivity contribution in [1.29, 1.82) is 0 Å². The second-order valence-electron chi connectivity index (χ2n) is 8.93. The maximum absolute atomic E-state index is 13.1. The van der Waals surface area contributed by atoms with Crippen LogP contribution in [0.1, 0.15) is 38.2 Å². The van der Waals surface area contributed by atoms with Crippen molar-refractivity contribution in [2.24, 2.45) is 17.8 Å². The molecule has 4 rings (SSSR count). The van der Waals surface area contributed by atoms with Crippen molar-refractivity contribution in [2.75, 3.05) is 39.3 Å². The number of hydrogen-bond donors (Lipinski definition) is 1. The molecule has 1 aromatic carbocycles. The van der Waals surface area contributed by atoms with E-state index in [1.54, 1.807) is 0 Å². The van der Waals surface area contributed by atoms with Crippen LogP contribution in [0.4, 0.5) is 0 Å². The quantitative estimate of drug-likeness (QED) is 0.774. The van der Waals surface area contributed by atoms with Gasteiger partial charge in [-0.1, -0.05) is 30.3 Å². The number of amides is 1. The second kappa shape index (κ2) is 11.5. The highest BCUT2D eigenvalue weighted by Crippen LogP contribution is 2.28. The minimum absolute atomic E-state index is 0.